The molecule has 6 nitrogen and oxygen atoms in total. The Labute approximate surface area is 162 Å². The molecule has 1 aromatic carbocycles. The van der Waals surface area contributed by atoms with Gasteiger partial charge in [0, 0.05) is 33.3 Å². The SMILES string of the molecule is CNc1cc(N2CC(OC)C2)c(C(=O)NC2CCC(C(F)(F)F)CC2)cc1N. The zero-order valence-electron chi connectivity index (χ0n) is 16.1. The van der Waals surface area contributed by atoms with E-state index >= 15 is 0 Å². The quantitative estimate of drug-likeness (QED) is 0.663. The van der Waals surface area contributed by atoms with Crippen molar-refractivity contribution >= 4 is 23.0 Å². The van der Waals surface area contributed by atoms with Crippen LogP contribution in [-0.2, 0) is 4.74 Å². The molecule has 1 aliphatic carbocycles. The Morgan fingerprint density at radius 3 is 2.39 bits per heavy atom. The molecule has 0 spiro atoms. The summed E-state index contributed by atoms with van der Waals surface area (Å²) in [5.74, 6) is -1.57. The van der Waals surface area contributed by atoms with Crippen LogP contribution in [0, 0.1) is 5.92 Å². The van der Waals surface area contributed by atoms with Crippen molar-refractivity contribution in [3.05, 3.63) is 17.7 Å². The number of nitrogens with one attached hydrogen (secondary N) is 2. The van der Waals surface area contributed by atoms with Gasteiger partial charge in [0.05, 0.1) is 34.6 Å². The highest BCUT2D eigenvalue weighted by molar-refractivity contribution is 6.02. The van der Waals surface area contributed by atoms with Gasteiger partial charge in [-0.15, -0.1) is 0 Å². The summed E-state index contributed by atoms with van der Waals surface area (Å²) in [6.07, 6.45) is -3.30. The average molecular weight is 400 g/mol. The van der Waals surface area contributed by atoms with Crippen LogP contribution in [0.3, 0.4) is 0 Å². The number of nitrogen functional groups attached to an aromatic ring is 1. The van der Waals surface area contributed by atoms with Gasteiger partial charge < -0.3 is 26.0 Å². The highest BCUT2D eigenvalue weighted by Crippen LogP contribution is 2.38. The number of rotatable bonds is 5. The first-order valence-corrected chi connectivity index (χ1v) is 9.49. The Morgan fingerprint density at radius 1 is 1.21 bits per heavy atom. The fourth-order valence-corrected chi connectivity index (χ4v) is 3.88. The summed E-state index contributed by atoms with van der Waals surface area (Å²) in [7, 11) is 3.40. The predicted molar refractivity (Wildman–Crippen MR) is 103 cm³/mol. The number of nitrogens with two attached hydrogens (primary N) is 1. The maximum Gasteiger partial charge on any atom is 0.391 e. The molecular formula is C19H27F3N4O2. The first kappa shape index (κ1) is 20.6. The summed E-state index contributed by atoms with van der Waals surface area (Å²) < 4.78 is 43.8. The number of benzene rings is 1. The number of halogens is 3. The average Bonchev–Trinajstić information content (AvgIpc) is 2.61. The summed E-state index contributed by atoms with van der Waals surface area (Å²) in [5.41, 5.74) is 8.38. The van der Waals surface area contributed by atoms with Crippen molar-refractivity contribution in [2.24, 2.45) is 5.92 Å². The van der Waals surface area contributed by atoms with Gasteiger partial charge in [0.15, 0.2) is 0 Å². The minimum absolute atomic E-state index is 0.0454. The molecule has 1 saturated carbocycles. The highest BCUT2D eigenvalue weighted by Gasteiger charge is 2.41. The molecule has 0 radical (unpaired) electrons. The molecule has 156 valence electrons. The monoisotopic (exact) mass is 400 g/mol. The molecule has 28 heavy (non-hydrogen) atoms. The van der Waals surface area contributed by atoms with Gasteiger partial charge in [0.2, 0.25) is 0 Å². The lowest BCUT2D eigenvalue weighted by molar-refractivity contribution is -0.182. The third-order valence-corrected chi connectivity index (χ3v) is 5.73. The topological polar surface area (TPSA) is 79.6 Å². The fourth-order valence-electron chi connectivity index (χ4n) is 3.88. The Kier molecular flexibility index (Phi) is 5.92. The van der Waals surface area contributed by atoms with Crippen molar-refractivity contribution in [1.29, 1.82) is 0 Å². The Bertz CT molecular complexity index is 712. The van der Waals surface area contributed by atoms with E-state index < -0.39 is 12.1 Å². The predicted octanol–water partition coefficient (Wildman–Crippen LogP) is 3.00. The van der Waals surface area contributed by atoms with Gasteiger partial charge in [0.25, 0.3) is 5.91 Å². The Balaban J connectivity index is 1.72. The lowest BCUT2D eigenvalue weighted by atomic mass is 9.85. The fraction of sp³-hybridized carbons (Fsp3) is 0.632. The van der Waals surface area contributed by atoms with Crippen molar-refractivity contribution in [3.63, 3.8) is 0 Å². The number of hydrogen-bond acceptors (Lipinski definition) is 5. The molecular weight excluding hydrogens is 373 g/mol. The van der Waals surface area contributed by atoms with E-state index in [0.29, 0.717) is 37.2 Å². The molecule has 1 aromatic rings. The van der Waals surface area contributed by atoms with Crippen molar-refractivity contribution < 1.29 is 22.7 Å². The second-order valence-corrected chi connectivity index (χ2v) is 7.53. The summed E-state index contributed by atoms with van der Waals surface area (Å²) in [4.78, 5) is 14.9. The third-order valence-electron chi connectivity index (χ3n) is 5.73. The number of amides is 1. The maximum atomic E-state index is 12.9. The van der Waals surface area contributed by atoms with E-state index in [0.717, 1.165) is 11.4 Å². The second kappa shape index (κ2) is 8.06. The van der Waals surface area contributed by atoms with E-state index in [9.17, 15) is 18.0 Å². The number of ether oxygens (including phenoxy) is 1. The van der Waals surface area contributed by atoms with Gasteiger partial charge in [-0.1, -0.05) is 0 Å². The van der Waals surface area contributed by atoms with Crippen molar-refractivity contribution in [2.45, 2.75) is 44.0 Å². The molecule has 1 amide bonds. The Hall–Kier alpha value is -2.16. The minimum Gasteiger partial charge on any atom is -0.397 e. The summed E-state index contributed by atoms with van der Waals surface area (Å²) in [5, 5.41) is 5.91. The molecule has 2 aliphatic rings. The van der Waals surface area contributed by atoms with Gasteiger partial charge in [-0.3, -0.25) is 4.79 Å². The normalized spacial score (nSPS) is 23.2. The number of hydrogen-bond donors (Lipinski definition) is 3. The van der Waals surface area contributed by atoms with Gasteiger partial charge in [-0.25, -0.2) is 0 Å². The largest absolute Gasteiger partial charge is 0.397 e. The van der Waals surface area contributed by atoms with Crippen LogP contribution in [0.5, 0.6) is 0 Å². The molecule has 0 atom stereocenters. The van der Waals surface area contributed by atoms with Gasteiger partial charge in [0.1, 0.15) is 0 Å². The summed E-state index contributed by atoms with van der Waals surface area (Å²) in [6.45, 7) is 1.33. The molecule has 1 heterocycles. The van der Waals surface area contributed by atoms with Gasteiger partial charge >= 0.3 is 6.18 Å². The molecule has 1 aliphatic heterocycles. The van der Waals surface area contributed by atoms with E-state index in [1.165, 1.54) is 0 Å². The van der Waals surface area contributed by atoms with Crippen molar-refractivity contribution in [3.8, 4) is 0 Å². The minimum atomic E-state index is -4.16. The number of alkyl halides is 3. The van der Waals surface area contributed by atoms with E-state index in [1.807, 2.05) is 11.0 Å². The zero-order chi connectivity index (χ0) is 20.5. The van der Waals surface area contributed by atoms with Crippen LogP contribution in [0.4, 0.5) is 30.2 Å². The van der Waals surface area contributed by atoms with Crippen molar-refractivity contribution in [2.75, 3.05) is 43.2 Å². The van der Waals surface area contributed by atoms with E-state index in [2.05, 4.69) is 10.6 Å². The van der Waals surface area contributed by atoms with E-state index in [4.69, 9.17) is 10.5 Å². The van der Waals surface area contributed by atoms with Crippen LogP contribution in [0.1, 0.15) is 36.0 Å². The van der Waals surface area contributed by atoms with Crippen LogP contribution in [0.25, 0.3) is 0 Å². The summed E-state index contributed by atoms with van der Waals surface area (Å²) >= 11 is 0. The summed E-state index contributed by atoms with van der Waals surface area (Å²) in [6, 6.07) is 3.20. The molecule has 0 unspecified atom stereocenters. The molecule has 4 N–H and O–H groups in total. The van der Waals surface area contributed by atoms with E-state index in [1.54, 1.807) is 20.2 Å². The number of anilines is 3. The maximum absolute atomic E-state index is 12.9. The molecule has 9 heteroatoms. The highest BCUT2D eigenvalue weighted by atomic mass is 19.4. The first-order valence-electron chi connectivity index (χ1n) is 9.49. The van der Waals surface area contributed by atoms with Gasteiger partial charge in [-0.05, 0) is 37.8 Å². The van der Waals surface area contributed by atoms with Crippen LogP contribution >= 0.6 is 0 Å². The number of carbonyl (C=O) groups is 1. The molecule has 0 aromatic heterocycles. The number of carbonyl (C=O) groups excluding carboxylic acids is 1. The zero-order valence-corrected chi connectivity index (χ0v) is 16.1. The van der Waals surface area contributed by atoms with Crippen LogP contribution in [0.2, 0.25) is 0 Å². The standard InChI is InChI=1S/C19H27F3N4O2/c1-24-16-8-17(26-9-13(10-26)28-2)14(7-15(16)23)18(27)25-12-5-3-11(4-6-12)19(20,21)22/h7-8,11-13,24H,3-6,9-10,23H2,1-2H3,(H,25,27). The third kappa shape index (κ3) is 4.29. The van der Waals surface area contributed by atoms with Crippen molar-refractivity contribution in [1.82, 2.24) is 5.32 Å². The first-order chi connectivity index (χ1) is 13.2. The molecule has 2 fully saturated rings. The molecule has 1 saturated heterocycles. The second-order valence-electron chi connectivity index (χ2n) is 7.53. The van der Waals surface area contributed by atoms with E-state index in [-0.39, 0.29) is 30.9 Å². The number of methoxy groups -OCH3 is 1. The smallest absolute Gasteiger partial charge is 0.391 e. The number of nitrogens with zero attached hydrogens (tertiary/aromatic N) is 1. The molecule has 3 rings (SSSR count). The lowest BCUT2D eigenvalue weighted by Crippen LogP contribution is -2.52. The lowest BCUT2D eigenvalue weighted by Gasteiger charge is -2.41. The van der Waals surface area contributed by atoms with Gasteiger partial charge in [-0.2, -0.15) is 13.2 Å². The van der Waals surface area contributed by atoms with Crippen LogP contribution in [0.15, 0.2) is 12.1 Å². The van der Waals surface area contributed by atoms with Crippen LogP contribution < -0.4 is 21.3 Å². The van der Waals surface area contributed by atoms with Crippen LogP contribution in [-0.4, -0.2) is 51.5 Å². The Morgan fingerprint density at radius 2 is 1.86 bits per heavy atom. The molecule has 0 bridgehead atoms.